The number of fused-ring (bicyclic) bond motifs is 2. The SMILES string of the molecule is Cc1cccc(CC2(O)CC3CCC(C2)N3C(=O)OC(C)(C)C)c1F. The molecule has 1 aromatic carbocycles. The van der Waals surface area contributed by atoms with E-state index in [4.69, 9.17) is 4.74 Å². The second-order valence-corrected chi connectivity index (χ2v) is 8.63. The predicted molar refractivity (Wildman–Crippen MR) is 93.9 cm³/mol. The van der Waals surface area contributed by atoms with Crippen molar-refractivity contribution in [1.82, 2.24) is 4.90 Å². The number of hydrogen-bond donors (Lipinski definition) is 1. The lowest BCUT2D eigenvalue weighted by atomic mass is 9.81. The standard InChI is InChI=1S/C20H28FNO3/c1-13-6-5-7-14(17(13)21)10-20(24)11-15-8-9-16(12-20)22(15)18(23)25-19(2,3)4/h5-7,15-16,24H,8-12H2,1-4H3. The van der Waals surface area contributed by atoms with Crippen LogP contribution in [0.4, 0.5) is 9.18 Å². The van der Waals surface area contributed by atoms with Crippen LogP contribution in [0.2, 0.25) is 0 Å². The summed E-state index contributed by atoms with van der Waals surface area (Å²) in [4.78, 5) is 14.3. The van der Waals surface area contributed by atoms with Gasteiger partial charge in [0.05, 0.1) is 5.60 Å². The molecule has 0 aliphatic carbocycles. The van der Waals surface area contributed by atoms with Gasteiger partial charge in [-0.05, 0) is 64.5 Å². The van der Waals surface area contributed by atoms with E-state index in [-0.39, 0.29) is 30.4 Å². The molecule has 2 atom stereocenters. The molecule has 2 unspecified atom stereocenters. The van der Waals surface area contributed by atoms with Crippen molar-refractivity contribution in [2.24, 2.45) is 0 Å². The number of aliphatic hydroxyl groups is 1. The van der Waals surface area contributed by atoms with Crippen molar-refractivity contribution in [2.75, 3.05) is 0 Å². The van der Waals surface area contributed by atoms with Crippen molar-refractivity contribution in [2.45, 2.75) is 83.1 Å². The van der Waals surface area contributed by atoms with Gasteiger partial charge in [0.2, 0.25) is 0 Å². The first-order valence-electron chi connectivity index (χ1n) is 9.06. The zero-order valence-electron chi connectivity index (χ0n) is 15.5. The van der Waals surface area contributed by atoms with Crippen LogP contribution in [0.1, 0.15) is 57.6 Å². The fourth-order valence-corrected chi connectivity index (χ4v) is 4.28. The van der Waals surface area contributed by atoms with E-state index in [9.17, 15) is 14.3 Å². The van der Waals surface area contributed by atoms with Crippen LogP contribution in [0, 0.1) is 12.7 Å². The molecule has 2 fully saturated rings. The molecule has 1 aromatic rings. The molecule has 0 aromatic heterocycles. The van der Waals surface area contributed by atoms with Gasteiger partial charge in [-0.1, -0.05) is 18.2 Å². The van der Waals surface area contributed by atoms with Gasteiger partial charge in [-0.3, -0.25) is 0 Å². The first kappa shape index (κ1) is 18.2. The summed E-state index contributed by atoms with van der Waals surface area (Å²) in [5.74, 6) is -0.238. The topological polar surface area (TPSA) is 49.8 Å². The molecule has 0 saturated carbocycles. The Morgan fingerprint density at radius 2 is 1.92 bits per heavy atom. The van der Waals surface area contributed by atoms with Gasteiger partial charge in [0.15, 0.2) is 0 Å². The van der Waals surface area contributed by atoms with Gasteiger partial charge < -0.3 is 14.7 Å². The molecule has 2 saturated heterocycles. The van der Waals surface area contributed by atoms with Crippen LogP contribution in [0.25, 0.3) is 0 Å². The highest BCUT2D eigenvalue weighted by molar-refractivity contribution is 5.69. The fraction of sp³-hybridized carbons (Fsp3) is 0.650. The molecule has 2 aliphatic rings. The molecule has 2 aliphatic heterocycles. The number of aryl methyl sites for hydroxylation is 1. The monoisotopic (exact) mass is 349 g/mol. The van der Waals surface area contributed by atoms with Crippen molar-refractivity contribution >= 4 is 6.09 Å². The Bertz CT molecular complexity index is 653. The average Bonchev–Trinajstić information content (AvgIpc) is 2.75. The quantitative estimate of drug-likeness (QED) is 0.879. The van der Waals surface area contributed by atoms with Crippen LogP contribution in [0.5, 0.6) is 0 Å². The lowest BCUT2D eigenvalue weighted by molar-refractivity contribution is -0.0582. The van der Waals surface area contributed by atoms with Gasteiger partial charge in [0.25, 0.3) is 0 Å². The predicted octanol–water partition coefficient (Wildman–Crippen LogP) is 3.97. The van der Waals surface area contributed by atoms with E-state index in [1.807, 2.05) is 26.8 Å². The van der Waals surface area contributed by atoms with Crippen LogP contribution < -0.4 is 0 Å². The number of halogens is 1. The van der Waals surface area contributed by atoms with Gasteiger partial charge in [0, 0.05) is 18.5 Å². The largest absolute Gasteiger partial charge is 0.444 e. The van der Waals surface area contributed by atoms with Crippen LogP contribution in [0.3, 0.4) is 0 Å². The third-order valence-corrected chi connectivity index (χ3v) is 5.25. The average molecular weight is 349 g/mol. The molecule has 4 nitrogen and oxygen atoms in total. The van der Waals surface area contributed by atoms with E-state index in [0.29, 0.717) is 24.0 Å². The second-order valence-electron chi connectivity index (χ2n) is 8.63. The molecule has 5 heteroatoms. The van der Waals surface area contributed by atoms with Crippen LogP contribution in [-0.4, -0.2) is 39.4 Å². The number of ether oxygens (including phenoxy) is 1. The molecular weight excluding hydrogens is 321 g/mol. The van der Waals surface area contributed by atoms with Crippen molar-refractivity contribution < 1.29 is 19.0 Å². The summed E-state index contributed by atoms with van der Waals surface area (Å²) < 4.78 is 19.9. The van der Waals surface area contributed by atoms with E-state index in [0.717, 1.165) is 12.8 Å². The van der Waals surface area contributed by atoms with Crippen LogP contribution >= 0.6 is 0 Å². The summed E-state index contributed by atoms with van der Waals surface area (Å²) >= 11 is 0. The summed E-state index contributed by atoms with van der Waals surface area (Å²) in [6.07, 6.45) is 2.65. The minimum Gasteiger partial charge on any atom is -0.444 e. The Morgan fingerprint density at radius 3 is 2.48 bits per heavy atom. The Kier molecular flexibility index (Phi) is 4.56. The Morgan fingerprint density at radius 1 is 1.32 bits per heavy atom. The van der Waals surface area contributed by atoms with E-state index < -0.39 is 11.2 Å². The summed E-state index contributed by atoms with van der Waals surface area (Å²) in [6, 6.07) is 5.22. The van der Waals surface area contributed by atoms with Gasteiger partial charge in [-0.25, -0.2) is 9.18 Å². The molecular formula is C20H28FNO3. The molecule has 3 rings (SSSR count). The third-order valence-electron chi connectivity index (χ3n) is 5.25. The van der Waals surface area contributed by atoms with Gasteiger partial charge in [-0.2, -0.15) is 0 Å². The normalized spacial score (nSPS) is 29.0. The smallest absolute Gasteiger partial charge is 0.410 e. The second kappa shape index (κ2) is 6.27. The molecule has 0 spiro atoms. The molecule has 2 heterocycles. The van der Waals surface area contributed by atoms with Crippen molar-refractivity contribution in [1.29, 1.82) is 0 Å². The highest BCUT2D eigenvalue weighted by Gasteiger charge is 2.50. The number of carbonyl (C=O) groups is 1. The molecule has 25 heavy (non-hydrogen) atoms. The maximum Gasteiger partial charge on any atom is 0.410 e. The number of hydrogen-bond acceptors (Lipinski definition) is 3. The Hall–Kier alpha value is -1.62. The minimum absolute atomic E-state index is 0.0357. The fourth-order valence-electron chi connectivity index (χ4n) is 4.28. The number of carbonyl (C=O) groups excluding carboxylic acids is 1. The van der Waals surface area contributed by atoms with Gasteiger partial charge in [-0.15, -0.1) is 0 Å². The molecule has 0 radical (unpaired) electrons. The summed E-state index contributed by atoms with van der Waals surface area (Å²) in [7, 11) is 0. The van der Waals surface area contributed by atoms with Crippen molar-refractivity contribution in [3.8, 4) is 0 Å². The minimum atomic E-state index is -0.973. The van der Waals surface area contributed by atoms with Gasteiger partial charge in [0.1, 0.15) is 11.4 Å². The van der Waals surface area contributed by atoms with Crippen molar-refractivity contribution in [3.05, 3.63) is 35.1 Å². The zero-order valence-corrected chi connectivity index (χ0v) is 15.5. The molecule has 2 bridgehead atoms. The van der Waals surface area contributed by atoms with E-state index in [1.54, 1.807) is 24.0 Å². The molecule has 1 N–H and O–H groups in total. The number of nitrogens with zero attached hydrogens (tertiary/aromatic N) is 1. The van der Waals surface area contributed by atoms with E-state index >= 15 is 0 Å². The van der Waals surface area contributed by atoms with Crippen molar-refractivity contribution in [3.63, 3.8) is 0 Å². The maximum atomic E-state index is 14.3. The Labute approximate surface area is 149 Å². The number of rotatable bonds is 2. The van der Waals surface area contributed by atoms with E-state index in [1.165, 1.54) is 0 Å². The first-order valence-corrected chi connectivity index (χ1v) is 9.06. The molecule has 1 amide bonds. The third kappa shape index (κ3) is 3.81. The Balaban J connectivity index is 1.74. The van der Waals surface area contributed by atoms with Gasteiger partial charge >= 0.3 is 6.09 Å². The zero-order chi connectivity index (χ0) is 18.4. The van der Waals surface area contributed by atoms with Crippen LogP contribution in [-0.2, 0) is 11.2 Å². The van der Waals surface area contributed by atoms with Crippen LogP contribution in [0.15, 0.2) is 18.2 Å². The highest BCUT2D eigenvalue weighted by atomic mass is 19.1. The summed E-state index contributed by atoms with van der Waals surface area (Å²) in [5, 5.41) is 11.1. The number of benzene rings is 1. The highest BCUT2D eigenvalue weighted by Crippen LogP contribution is 2.43. The molecule has 138 valence electrons. The van der Waals surface area contributed by atoms with E-state index in [2.05, 4.69) is 0 Å². The first-order chi connectivity index (χ1) is 11.6. The lowest BCUT2D eigenvalue weighted by Gasteiger charge is -2.44. The maximum absolute atomic E-state index is 14.3. The lowest BCUT2D eigenvalue weighted by Crippen LogP contribution is -2.55. The number of piperidine rings is 1. The summed E-state index contributed by atoms with van der Waals surface area (Å²) in [5.41, 5.74) is -0.364. The number of amides is 1. The summed E-state index contributed by atoms with van der Waals surface area (Å²) in [6.45, 7) is 7.30.